The topological polar surface area (TPSA) is 32.3 Å². The van der Waals surface area contributed by atoms with Gasteiger partial charge in [0.05, 0.1) is 0 Å². The molecule has 116 valence electrons. The Morgan fingerprint density at radius 2 is 2.25 bits per heavy atom. The molecule has 1 amide bonds. The Balaban J connectivity index is 2.17. The molecule has 2 unspecified atom stereocenters. The predicted octanol–water partition coefficient (Wildman–Crippen LogP) is 3.22. The Bertz CT molecular complexity index is 285. The average Bonchev–Trinajstić information content (AvgIpc) is 2.47. The highest BCUT2D eigenvalue weighted by molar-refractivity contribution is 5.76. The molecule has 0 aromatic carbocycles. The van der Waals surface area contributed by atoms with Crippen molar-refractivity contribution in [2.75, 3.05) is 26.7 Å². The van der Waals surface area contributed by atoms with E-state index in [1.807, 2.05) is 18.0 Å². The van der Waals surface area contributed by atoms with E-state index in [1.54, 1.807) is 0 Å². The second-order valence-electron chi connectivity index (χ2n) is 6.24. The minimum Gasteiger partial charge on any atom is -0.346 e. The molecular weight excluding hydrogens is 248 g/mol. The van der Waals surface area contributed by atoms with Crippen LogP contribution in [-0.4, -0.2) is 37.5 Å². The van der Waals surface area contributed by atoms with Crippen LogP contribution in [0.15, 0.2) is 12.7 Å². The zero-order chi connectivity index (χ0) is 14.8. The molecule has 0 spiro atoms. The number of rotatable bonds is 9. The van der Waals surface area contributed by atoms with Crippen molar-refractivity contribution in [2.45, 2.75) is 51.9 Å². The largest absolute Gasteiger partial charge is 0.346 e. The molecule has 1 rings (SSSR count). The molecule has 0 bridgehead atoms. The van der Waals surface area contributed by atoms with Crippen molar-refractivity contribution in [1.29, 1.82) is 0 Å². The first kappa shape index (κ1) is 17.2. The lowest BCUT2D eigenvalue weighted by Gasteiger charge is -2.29. The number of nitrogens with zero attached hydrogens (tertiary/aromatic N) is 1. The van der Waals surface area contributed by atoms with E-state index >= 15 is 0 Å². The molecule has 1 aliphatic rings. The highest BCUT2D eigenvalue weighted by Gasteiger charge is 2.23. The summed E-state index contributed by atoms with van der Waals surface area (Å²) in [5.41, 5.74) is 0. The van der Waals surface area contributed by atoms with Gasteiger partial charge in [0.2, 0.25) is 5.91 Å². The summed E-state index contributed by atoms with van der Waals surface area (Å²) in [7, 11) is 1.95. The number of nitrogens with one attached hydrogen (secondary N) is 1. The maximum Gasteiger partial charge on any atom is 0.222 e. The van der Waals surface area contributed by atoms with Gasteiger partial charge in [-0.2, -0.15) is 0 Å². The van der Waals surface area contributed by atoms with E-state index in [1.165, 1.54) is 25.7 Å². The van der Waals surface area contributed by atoms with Crippen molar-refractivity contribution in [1.82, 2.24) is 10.2 Å². The fourth-order valence-corrected chi connectivity index (χ4v) is 2.90. The van der Waals surface area contributed by atoms with Gasteiger partial charge in [-0.25, -0.2) is 0 Å². The van der Waals surface area contributed by atoms with Gasteiger partial charge in [0, 0.05) is 20.0 Å². The normalized spacial score (nSPS) is 20.4. The van der Waals surface area contributed by atoms with E-state index in [0.29, 0.717) is 24.2 Å². The molecule has 0 aromatic heterocycles. The molecule has 0 radical (unpaired) electrons. The molecule has 0 aliphatic carbocycles. The monoisotopic (exact) mass is 280 g/mol. The first-order valence-electron chi connectivity index (χ1n) is 8.20. The number of hydrogen-bond donors (Lipinski definition) is 1. The van der Waals surface area contributed by atoms with Gasteiger partial charge < -0.3 is 10.2 Å². The molecule has 1 aliphatic heterocycles. The third-order valence-corrected chi connectivity index (χ3v) is 4.46. The zero-order valence-corrected chi connectivity index (χ0v) is 13.4. The summed E-state index contributed by atoms with van der Waals surface area (Å²) in [6.07, 6.45) is 9.76. The molecular formula is C17H32N2O. The Labute approximate surface area is 124 Å². The van der Waals surface area contributed by atoms with Crippen LogP contribution in [0.4, 0.5) is 0 Å². The van der Waals surface area contributed by atoms with Gasteiger partial charge in [0.1, 0.15) is 0 Å². The van der Waals surface area contributed by atoms with Crippen LogP contribution in [0.3, 0.4) is 0 Å². The van der Waals surface area contributed by atoms with E-state index in [0.717, 1.165) is 32.5 Å². The van der Waals surface area contributed by atoms with E-state index in [4.69, 9.17) is 0 Å². The first-order chi connectivity index (χ1) is 9.65. The Morgan fingerprint density at radius 1 is 1.45 bits per heavy atom. The van der Waals surface area contributed by atoms with Gasteiger partial charge in [-0.05, 0) is 57.0 Å². The molecule has 3 heteroatoms. The number of unbranched alkanes of at least 4 members (excludes halogenated alkanes) is 3. The van der Waals surface area contributed by atoms with Crippen molar-refractivity contribution in [3.8, 4) is 0 Å². The van der Waals surface area contributed by atoms with Crippen LogP contribution in [0.25, 0.3) is 0 Å². The summed E-state index contributed by atoms with van der Waals surface area (Å²) in [5.74, 6) is 1.49. The van der Waals surface area contributed by atoms with E-state index in [9.17, 15) is 4.79 Å². The molecule has 1 fully saturated rings. The third kappa shape index (κ3) is 6.56. The number of amides is 1. The van der Waals surface area contributed by atoms with Gasteiger partial charge in [-0.1, -0.05) is 19.4 Å². The summed E-state index contributed by atoms with van der Waals surface area (Å²) in [6, 6.07) is 0. The number of carbonyl (C=O) groups is 1. The number of piperidine rings is 1. The van der Waals surface area contributed by atoms with Gasteiger partial charge in [0.15, 0.2) is 0 Å². The third-order valence-electron chi connectivity index (χ3n) is 4.46. The minimum atomic E-state index is 0.312. The van der Waals surface area contributed by atoms with Crippen molar-refractivity contribution < 1.29 is 4.79 Å². The second-order valence-corrected chi connectivity index (χ2v) is 6.24. The second kappa shape index (κ2) is 9.98. The van der Waals surface area contributed by atoms with Crippen LogP contribution >= 0.6 is 0 Å². The van der Waals surface area contributed by atoms with Crippen molar-refractivity contribution in [3.05, 3.63) is 12.7 Å². The highest BCUT2D eigenvalue weighted by Crippen LogP contribution is 2.23. The maximum absolute atomic E-state index is 12.2. The fraction of sp³-hybridized carbons (Fsp3) is 0.824. The van der Waals surface area contributed by atoms with Crippen LogP contribution in [0, 0.1) is 11.8 Å². The maximum atomic E-state index is 12.2. The van der Waals surface area contributed by atoms with E-state index in [2.05, 4.69) is 18.8 Å². The van der Waals surface area contributed by atoms with Crippen LogP contribution in [0.5, 0.6) is 0 Å². The summed E-state index contributed by atoms with van der Waals surface area (Å²) in [5, 5.41) is 3.44. The van der Waals surface area contributed by atoms with Crippen molar-refractivity contribution >= 4 is 5.91 Å². The van der Waals surface area contributed by atoms with E-state index < -0.39 is 0 Å². The zero-order valence-electron chi connectivity index (χ0n) is 13.4. The van der Waals surface area contributed by atoms with Crippen LogP contribution < -0.4 is 5.32 Å². The molecule has 20 heavy (non-hydrogen) atoms. The Hall–Kier alpha value is -0.830. The molecule has 1 N–H and O–H groups in total. The smallest absolute Gasteiger partial charge is 0.222 e. The summed E-state index contributed by atoms with van der Waals surface area (Å²) in [6.45, 7) is 9.08. The number of allylic oxidation sites excluding steroid dienone is 1. The summed E-state index contributed by atoms with van der Waals surface area (Å²) in [4.78, 5) is 14.1. The average molecular weight is 280 g/mol. The molecule has 1 heterocycles. The summed E-state index contributed by atoms with van der Waals surface area (Å²) < 4.78 is 0. The highest BCUT2D eigenvalue weighted by atomic mass is 16.2. The number of carbonyl (C=O) groups excluding carboxylic acids is 1. The van der Waals surface area contributed by atoms with Gasteiger partial charge in [-0.3, -0.25) is 4.79 Å². The van der Waals surface area contributed by atoms with Crippen LogP contribution in [-0.2, 0) is 4.79 Å². The molecule has 0 aromatic rings. The van der Waals surface area contributed by atoms with Gasteiger partial charge in [0.25, 0.3) is 0 Å². The molecule has 1 saturated heterocycles. The lowest BCUT2D eigenvalue weighted by molar-refractivity contribution is -0.131. The SMILES string of the molecule is C=CCCCCCN(C)C(=O)CC(C)C1CCCNC1. The Morgan fingerprint density at radius 3 is 2.90 bits per heavy atom. The summed E-state index contributed by atoms with van der Waals surface area (Å²) >= 11 is 0. The fourth-order valence-electron chi connectivity index (χ4n) is 2.90. The number of hydrogen-bond acceptors (Lipinski definition) is 2. The first-order valence-corrected chi connectivity index (χ1v) is 8.20. The lowest BCUT2D eigenvalue weighted by atomic mass is 9.85. The quantitative estimate of drug-likeness (QED) is 0.519. The van der Waals surface area contributed by atoms with Crippen LogP contribution in [0.1, 0.15) is 51.9 Å². The lowest BCUT2D eigenvalue weighted by Crippen LogP contribution is -2.36. The van der Waals surface area contributed by atoms with Crippen LogP contribution in [0.2, 0.25) is 0 Å². The van der Waals surface area contributed by atoms with Gasteiger partial charge >= 0.3 is 0 Å². The Kier molecular flexibility index (Phi) is 8.59. The standard InChI is InChI=1S/C17H32N2O/c1-4-5-6-7-8-12-19(3)17(20)13-15(2)16-10-9-11-18-14-16/h4,15-16,18H,1,5-14H2,2-3H3. The molecule has 2 atom stereocenters. The van der Waals surface area contributed by atoms with Crippen molar-refractivity contribution in [2.24, 2.45) is 11.8 Å². The van der Waals surface area contributed by atoms with Crippen molar-refractivity contribution in [3.63, 3.8) is 0 Å². The predicted molar refractivity (Wildman–Crippen MR) is 85.7 cm³/mol. The minimum absolute atomic E-state index is 0.312. The van der Waals surface area contributed by atoms with E-state index in [-0.39, 0.29) is 0 Å². The van der Waals surface area contributed by atoms with Gasteiger partial charge in [-0.15, -0.1) is 6.58 Å². The molecule has 0 saturated carbocycles. The molecule has 3 nitrogen and oxygen atoms in total.